The highest BCUT2D eigenvalue weighted by Crippen LogP contribution is 2.29. The Hall–Kier alpha value is -2.40. The van der Waals surface area contributed by atoms with Crippen LogP contribution < -0.4 is 0 Å². The third-order valence-corrected chi connectivity index (χ3v) is 5.19. The van der Waals surface area contributed by atoms with Gasteiger partial charge in [-0.3, -0.25) is 0 Å². The predicted octanol–water partition coefficient (Wildman–Crippen LogP) is 7.15. The van der Waals surface area contributed by atoms with Crippen LogP contribution in [-0.2, 0) is 0 Å². The summed E-state index contributed by atoms with van der Waals surface area (Å²) in [5.41, 5.74) is 2.49. The molecule has 27 heavy (non-hydrogen) atoms. The summed E-state index contributed by atoms with van der Waals surface area (Å²) in [6.07, 6.45) is 11.9. The highest BCUT2D eigenvalue weighted by atomic mass is 19.2. The molecule has 0 unspecified atom stereocenters. The van der Waals surface area contributed by atoms with Crippen LogP contribution >= 0.6 is 0 Å². The zero-order valence-electron chi connectivity index (χ0n) is 15.8. The van der Waals surface area contributed by atoms with Crippen molar-refractivity contribution in [3.05, 3.63) is 71.8 Å². The van der Waals surface area contributed by atoms with Crippen molar-refractivity contribution in [1.82, 2.24) is 0 Å². The molecule has 2 heteroatoms. The van der Waals surface area contributed by atoms with Gasteiger partial charge in [-0.25, -0.2) is 8.78 Å². The molecular formula is C25H26F2. The molecule has 2 aromatic carbocycles. The molecule has 0 heterocycles. The fourth-order valence-corrected chi connectivity index (χ4v) is 3.52. The molecule has 0 N–H and O–H groups in total. The molecule has 0 spiro atoms. The summed E-state index contributed by atoms with van der Waals surface area (Å²) in [4.78, 5) is 0. The molecule has 140 valence electrons. The van der Waals surface area contributed by atoms with Gasteiger partial charge in [0.1, 0.15) is 0 Å². The van der Waals surface area contributed by atoms with Crippen LogP contribution in [0.2, 0.25) is 0 Å². The Labute approximate surface area is 161 Å². The summed E-state index contributed by atoms with van der Waals surface area (Å²) >= 11 is 0. The number of halogens is 2. The van der Waals surface area contributed by atoms with Crippen molar-refractivity contribution in [2.24, 2.45) is 11.8 Å². The first-order chi connectivity index (χ1) is 13.2. The summed E-state index contributed by atoms with van der Waals surface area (Å²) in [7, 11) is 0. The zero-order chi connectivity index (χ0) is 19.1. The highest BCUT2D eigenvalue weighted by Gasteiger charge is 2.17. The van der Waals surface area contributed by atoms with Crippen LogP contribution in [-0.4, -0.2) is 0 Å². The average molecular weight is 364 g/mol. The number of hydrogen-bond acceptors (Lipinski definition) is 0. The van der Waals surface area contributed by atoms with Gasteiger partial charge in [-0.05, 0) is 73.4 Å². The van der Waals surface area contributed by atoms with Crippen LogP contribution in [0.5, 0.6) is 0 Å². The lowest BCUT2D eigenvalue weighted by atomic mass is 9.82. The standard InChI is InChI=1S/C25H26F2/c1-2-3-4-5-19-6-8-20(9-7-19)10-11-21-12-14-22(15-13-21)23-16-17-24(26)25(27)18-23/h4-5,12-20H,2-3,6-9H2,1H3/b5-4+. The Morgan fingerprint density at radius 2 is 1.63 bits per heavy atom. The van der Waals surface area contributed by atoms with E-state index in [0.29, 0.717) is 11.5 Å². The van der Waals surface area contributed by atoms with E-state index in [9.17, 15) is 8.78 Å². The Kier molecular flexibility index (Phi) is 6.82. The molecule has 0 saturated heterocycles. The van der Waals surface area contributed by atoms with E-state index in [1.54, 1.807) is 6.07 Å². The third kappa shape index (κ3) is 5.54. The fraction of sp³-hybridized carbons (Fsp3) is 0.360. The maximum atomic E-state index is 13.4. The predicted molar refractivity (Wildman–Crippen MR) is 108 cm³/mol. The Morgan fingerprint density at radius 3 is 2.30 bits per heavy atom. The second-order valence-electron chi connectivity index (χ2n) is 7.30. The Bertz CT molecular complexity index is 829. The number of hydrogen-bond donors (Lipinski definition) is 0. The van der Waals surface area contributed by atoms with Gasteiger partial charge in [0.25, 0.3) is 0 Å². The van der Waals surface area contributed by atoms with Gasteiger partial charge in [-0.15, -0.1) is 0 Å². The minimum atomic E-state index is -0.823. The van der Waals surface area contributed by atoms with Crippen molar-refractivity contribution in [3.8, 4) is 23.0 Å². The van der Waals surface area contributed by atoms with Crippen molar-refractivity contribution in [2.45, 2.75) is 45.4 Å². The molecule has 0 nitrogen and oxygen atoms in total. The van der Waals surface area contributed by atoms with E-state index in [0.717, 1.165) is 23.1 Å². The number of unbranched alkanes of at least 4 members (excludes halogenated alkanes) is 1. The summed E-state index contributed by atoms with van der Waals surface area (Å²) in [6.45, 7) is 2.21. The van der Waals surface area contributed by atoms with Gasteiger partial charge in [0.05, 0.1) is 0 Å². The van der Waals surface area contributed by atoms with E-state index >= 15 is 0 Å². The van der Waals surface area contributed by atoms with Gasteiger partial charge >= 0.3 is 0 Å². The molecule has 0 bridgehead atoms. The molecule has 0 amide bonds. The topological polar surface area (TPSA) is 0 Å². The fourth-order valence-electron chi connectivity index (χ4n) is 3.52. The molecule has 1 aliphatic carbocycles. The van der Waals surface area contributed by atoms with E-state index in [-0.39, 0.29) is 0 Å². The second kappa shape index (κ2) is 9.51. The monoisotopic (exact) mass is 364 g/mol. The van der Waals surface area contributed by atoms with Crippen molar-refractivity contribution < 1.29 is 8.78 Å². The van der Waals surface area contributed by atoms with Crippen LogP contribution in [0, 0.1) is 35.3 Å². The van der Waals surface area contributed by atoms with Gasteiger partial charge in [-0.1, -0.05) is 55.5 Å². The molecular weight excluding hydrogens is 338 g/mol. The minimum absolute atomic E-state index is 0.478. The lowest BCUT2D eigenvalue weighted by Gasteiger charge is -2.23. The van der Waals surface area contributed by atoms with Crippen LogP contribution in [0.4, 0.5) is 8.78 Å². The van der Waals surface area contributed by atoms with Gasteiger partial charge < -0.3 is 0 Å². The smallest absolute Gasteiger partial charge is 0.159 e. The largest absolute Gasteiger partial charge is 0.204 e. The van der Waals surface area contributed by atoms with E-state index < -0.39 is 11.6 Å². The summed E-state index contributed by atoms with van der Waals surface area (Å²) < 4.78 is 26.4. The van der Waals surface area contributed by atoms with E-state index in [1.165, 1.54) is 44.6 Å². The minimum Gasteiger partial charge on any atom is -0.204 e. The summed E-state index contributed by atoms with van der Waals surface area (Å²) in [5, 5.41) is 0. The molecule has 2 aromatic rings. The summed E-state index contributed by atoms with van der Waals surface area (Å²) in [6, 6.07) is 11.7. The van der Waals surface area contributed by atoms with Crippen LogP contribution in [0.3, 0.4) is 0 Å². The second-order valence-corrected chi connectivity index (χ2v) is 7.30. The van der Waals surface area contributed by atoms with E-state index in [1.807, 2.05) is 24.3 Å². The van der Waals surface area contributed by atoms with Gasteiger partial charge in [-0.2, -0.15) is 0 Å². The first kappa shape index (κ1) is 19.4. The lowest BCUT2D eigenvalue weighted by molar-refractivity contribution is 0.364. The third-order valence-electron chi connectivity index (χ3n) is 5.19. The van der Waals surface area contributed by atoms with E-state index in [4.69, 9.17) is 0 Å². The average Bonchev–Trinajstić information content (AvgIpc) is 2.70. The van der Waals surface area contributed by atoms with Crippen LogP contribution in [0.1, 0.15) is 51.0 Å². The maximum absolute atomic E-state index is 13.4. The van der Waals surface area contributed by atoms with Crippen molar-refractivity contribution in [2.75, 3.05) is 0 Å². The van der Waals surface area contributed by atoms with Crippen molar-refractivity contribution in [1.29, 1.82) is 0 Å². The molecule has 0 aromatic heterocycles. The van der Waals surface area contributed by atoms with Gasteiger partial charge in [0.15, 0.2) is 11.6 Å². The van der Waals surface area contributed by atoms with Crippen LogP contribution in [0.15, 0.2) is 54.6 Å². The van der Waals surface area contributed by atoms with Crippen molar-refractivity contribution in [3.63, 3.8) is 0 Å². The first-order valence-corrected chi connectivity index (χ1v) is 9.89. The molecule has 1 saturated carbocycles. The molecule has 0 aliphatic heterocycles. The number of rotatable bonds is 4. The highest BCUT2D eigenvalue weighted by molar-refractivity contribution is 5.64. The van der Waals surface area contributed by atoms with Crippen LogP contribution in [0.25, 0.3) is 11.1 Å². The van der Waals surface area contributed by atoms with Gasteiger partial charge in [0, 0.05) is 11.5 Å². The molecule has 1 fully saturated rings. The molecule has 0 radical (unpaired) electrons. The molecule has 3 rings (SSSR count). The van der Waals surface area contributed by atoms with E-state index in [2.05, 4.69) is 30.9 Å². The Morgan fingerprint density at radius 1 is 0.926 bits per heavy atom. The number of benzene rings is 2. The molecule has 1 aliphatic rings. The maximum Gasteiger partial charge on any atom is 0.159 e. The number of allylic oxidation sites excluding steroid dienone is 2. The normalized spacial score (nSPS) is 19.7. The quantitative estimate of drug-likeness (QED) is 0.399. The lowest BCUT2D eigenvalue weighted by Crippen LogP contribution is -2.11. The van der Waals surface area contributed by atoms with Gasteiger partial charge in [0.2, 0.25) is 0 Å². The summed E-state index contributed by atoms with van der Waals surface area (Å²) in [5.74, 6) is 6.26. The van der Waals surface area contributed by atoms with Crippen molar-refractivity contribution >= 4 is 0 Å². The first-order valence-electron chi connectivity index (χ1n) is 9.89. The zero-order valence-corrected chi connectivity index (χ0v) is 15.8. The Balaban J connectivity index is 1.57. The molecule has 0 atom stereocenters. The SMILES string of the molecule is CCC/C=C/C1CCC(C#Cc2ccc(-c3ccc(F)c(F)c3)cc2)CC1.